The van der Waals surface area contributed by atoms with Crippen molar-refractivity contribution < 1.29 is 9.53 Å². The van der Waals surface area contributed by atoms with Gasteiger partial charge in [-0.1, -0.05) is 13.3 Å². The van der Waals surface area contributed by atoms with Gasteiger partial charge in [0.1, 0.15) is 5.54 Å². The molecule has 1 N–H and O–H groups in total. The highest BCUT2D eigenvalue weighted by atomic mass is 16.5. The van der Waals surface area contributed by atoms with Gasteiger partial charge in [-0.15, -0.1) is 0 Å². The Kier molecular flexibility index (Phi) is 5.08. The SMILES string of the molecule is CCC1CCN(C2CCC(NC(C)C)(C(=O)OC)C2)C1. The number of hydrogen-bond acceptors (Lipinski definition) is 4. The molecule has 0 aromatic rings. The molecule has 2 rings (SSSR count). The van der Waals surface area contributed by atoms with E-state index in [1.165, 1.54) is 33.0 Å². The predicted molar refractivity (Wildman–Crippen MR) is 80.6 cm³/mol. The molecular formula is C16H30N2O2. The zero-order valence-electron chi connectivity index (χ0n) is 13.4. The smallest absolute Gasteiger partial charge is 0.326 e. The number of esters is 1. The first kappa shape index (κ1) is 15.8. The van der Waals surface area contributed by atoms with Gasteiger partial charge in [-0.25, -0.2) is 0 Å². The van der Waals surface area contributed by atoms with Crippen molar-refractivity contribution in [3.05, 3.63) is 0 Å². The standard InChI is InChI=1S/C16H30N2O2/c1-5-13-7-9-18(11-13)14-6-8-16(10-14,15(19)20-4)17-12(2)3/h12-14,17H,5-11H2,1-4H3. The lowest BCUT2D eigenvalue weighted by Crippen LogP contribution is -2.54. The van der Waals surface area contributed by atoms with Crippen LogP contribution in [0.5, 0.6) is 0 Å². The Hall–Kier alpha value is -0.610. The highest BCUT2D eigenvalue weighted by Crippen LogP contribution is 2.37. The van der Waals surface area contributed by atoms with Crippen LogP contribution in [0.25, 0.3) is 0 Å². The summed E-state index contributed by atoms with van der Waals surface area (Å²) in [4.78, 5) is 14.8. The molecule has 1 heterocycles. The predicted octanol–water partition coefficient (Wildman–Crippen LogP) is 2.18. The quantitative estimate of drug-likeness (QED) is 0.785. The largest absolute Gasteiger partial charge is 0.468 e. The van der Waals surface area contributed by atoms with Crippen LogP contribution in [0.3, 0.4) is 0 Å². The number of rotatable bonds is 5. The van der Waals surface area contributed by atoms with E-state index >= 15 is 0 Å². The average Bonchev–Trinajstić information content (AvgIpc) is 3.04. The highest BCUT2D eigenvalue weighted by molar-refractivity contribution is 5.81. The van der Waals surface area contributed by atoms with E-state index in [-0.39, 0.29) is 5.97 Å². The molecule has 116 valence electrons. The van der Waals surface area contributed by atoms with Crippen molar-refractivity contribution in [3.8, 4) is 0 Å². The Morgan fingerprint density at radius 3 is 2.75 bits per heavy atom. The maximum atomic E-state index is 12.2. The van der Waals surface area contributed by atoms with Crippen LogP contribution in [0.2, 0.25) is 0 Å². The van der Waals surface area contributed by atoms with Gasteiger partial charge in [0.25, 0.3) is 0 Å². The van der Waals surface area contributed by atoms with E-state index in [2.05, 4.69) is 31.0 Å². The molecule has 0 aromatic carbocycles. The molecule has 3 unspecified atom stereocenters. The molecule has 1 aliphatic carbocycles. The zero-order valence-corrected chi connectivity index (χ0v) is 13.4. The number of hydrogen-bond donors (Lipinski definition) is 1. The second-order valence-corrected chi connectivity index (χ2v) is 6.83. The Labute approximate surface area is 123 Å². The van der Waals surface area contributed by atoms with Gasteiger partial charge in [0.2, 0.25) is 0 Å². The third kappa shape index (κ3) is 3.17. The number of methoxy groups -OCH3 is 1. The summed E-state index contributed by atoms with van der Waals surface area (Å²) in [5, 5.41) is 3.48. The number of carbonyl (C=O) groups excluding carboxylic acids is 1. The minimum absolute atomic E-state index is 0.0834. The summed E-state index contributed by atoms with van der Waals surface area (Å²) < 4.78 is 5.07. The van der Waals surface area contributed by atoms with Gasteiger partial charge in [-0.3, -0.25) is 10.1 Å². The number of nitrogens with one attached hydrogen (secondary N) is 1. The van der Waals surface area contributed by atoms with Gasteiger partial charge in [-0.2, -0.15) is 0 Å². The number of likely N-dealkylation sites (tertiary alicyclic amines) is 1. The molecule has 2 aliphatic rings. The fraction of sp³-hybridized carbons (Fsp3) is 0.938. The monoisotopic (exact) mass is 282 g/mol. The van der Waals surface area contributed by atoms with Gasteiger partial charge in [0.15, 0.2) is 0 Å². The van der Waals surface area contributed by atoms with E-state index in [1.807, 2.05) is 0 Å². The molecule has 0 bridgehead atoms. The summed E-state index contributed by atoms with van der Waals surface area (Å²) in [6.07, 6.45) is 5.49. The maximum absolute atomic E-state index is 12.2. The van der Waals surface area contributed by atoms with E-state index in [4.69, 9.17) is 4.74 Å². The van der Waals surface area contributed by atoms with E-state index < -0.39 is 5.54 Å². The van der Waals surface area contributed by atoms with Crippen molar-refractivity contribution in [2.24, 2.45) is 5.92 Å². The lowest BCUT2D eigenvalue weighted by atomic mass is 9.96. The molecule has 0 spiro atoms. The summed E-state index contributed by atoms with van der Waals surface area (Å²) in [7, 11) is 1.50. The Morgan fingerprint density at radius 2 is 2.20 bits per heavy atom. The first-order valence-electron chi connectivity index (χ1n) is 8.11. The van der Waals surface area contributed by atoms with Crippen LogP contribution >= 0.6 is 0 Å². The van der Waals surface area contributed by atoms with Crippen molar-refractivity contribution in [2.45, 2.75) is 70.5 Å². The molecule has 0 aromatic heterocycles. The van der Waals surface area contributed by atoms with E-state index in [1.54, 1.807) is 0 Å². The van der Waals surface area contributed by atoms with Gasteiger partial charge in [-0.05, 0) is 52.0 Å². The van der Waals surface area contributed by atoms with Crippen LogP contribution in [0.15, 0.2) is 0 Å². The fourth-order valence-corrected chi connectivity index (χ4v) is 3.98. The number of nitrogens with zero attached hydrogens (tertiary/aromatic N) is 1. The second kappa shape index (κ2) is 6.44. The molecular weight excluding hydrogens is 252 g/mol. The Morgan fingerprint density at radius 1 is 1.45 bits per heavy atom. The minimum Gasteiger partial charge on any atom is -0.468 e. The van der Waals surface area contributed by atoms with Crippen LogP contribution in [-0.2, 0) is 9.53 Å². The topological polar surface area (TPSA) is 41.6 Å². The zero-order chi connectivity index (χ0) is 14.8. The third-order valence-electron chi connectivity index (χ3n) is 5.04. The molecule has 20 heavy (non-hydrogen) atoms. The van der Waals surface area contributed by atoms with E-state index in [0.717, 1.165) is 25.2 Å². The molecule has 2 fully saturated rings. The number of carbonyl (C=O) groups is 1. The van der Waals surface area contributed by atoms with Crippen LogP contribution in [0.1, 0.15) is 52.9 Å². The second-order valence-electron chi connectivity index (χ2n) is 6.83. The van der Waals surface area contributed by atoms with Crippen molar-refractivity contribution >= 4 is 5.97 Å². The molecule has 4 nitrogen and oxygen atoms in total. The van der Waals surface area contributed by atoms with Crippen molar-refractivity contribution in [2.75, 3.05) is 20.2 Å². The third-order valence-corrected chi connectivity index (χ3v) is 5.04. The lowest BCUT2D eigenvalue weighted by molar-refractivity contribution is -0.149. The molecule has 4 heteroatoms. The molecule has 1 aliphatic heterocycles. The normalized spacial score (nSPS) is 34.9. The van der Waals surface area contributed by atoms with Crippen LogP contribution in [0, 0.1) is 5.92 Å². The molecule has 1 saturated carbocycles. The summed E-state index contributed by atoms with van der Waals surface area (Å²) in [5.41, 5.74) is -0.460. The molecule has 1 saturated heterocycles. The Balaban J connectivity index is 2.02. The van der Waals surface area contributed by atoms with Crippen LogP contribution in [-0.4, -0.2) is 48.7 Å². The summed E-state index contributed by atoms with van der Waals surface area (Å²) >= 11 is 0. The van der Waals surface area contributed by atoms with Gasteiger partial charge >= 0.3 is 5.97 Å². The summed E-state index contributed by atoms with van der Waals surface area (Å²) in [6, 6.07) is 0.840. The van der Waals surface area contributed by atoms with Gasteiger partial charge in [0.05, 0.1) is 7.11 Å². The number of ether oxygens (including phenoxy) is 1. The molecule has 3 atom stereocenters. The highest BCUT2D eigenvalue weighted by Gasteiger charge is 2.48. The van der Waals surface area contributed by atoms with Gasteiger partial charge < -0.3 is 9.64 Å². The van der Waals surface area contributed by atoms with Gasteiger partial charge in [0, 0.05) is 18.6 Å². The lowest BCUT2D eigenvalue weighted by Gasteiger charge is -2.31. The average molecular weight is 282 g/mol. The molecule has 0 amide bonds. The molecule has 0 radical (unpaired) electrons. The first-order valence-corrected chi connectivity index (χ1v) is 8.11. The van der Waals surface area contributed by atoms with Crippen molar-refractivity contribution in [1.29, 1.82) is 0 Å². The van der Waals surface area contributed by atoms with E-state index in [9.17, 15) is 4.79 Å². The summed E-state index contributed by atoms with van der Waals surface area (Å²) in [5.74, 6) is 0.765. The Bertz CT molecular complexity index is 345. The first-order chi connectivity index (χ1) is 9.50. The minimum atomic E-state index is -0.460. The van der Waals surface area contributed by atoms with Crippen LogP contribution in [0.4, 0.5) is 0 Å². The summed E-state index contributed by atoms with van der Waals surface area (Å²) in [6.45, 7) is 8.88. The van der Waals surface area contributed by atoms with Crippen molar-refractivity contribution in [3.63, 3.8) is 0 Å². The van der Waals surface area contributed by atoms with Crippen molar-refractivity contribution in [1.82, 2.24) is 10.2 Å². The fourth-order valence-electron chi connectivity index (χ4n) is 3.98. The van der Waals surface area contributed by atoms with Crippen LogP contribution < -0.4 is 5.32 Å². The maximum Gasteiger partial charge on any atom is 0.326 e. The van der Waals surface area contributed by atoms with E-state index in [0.29, 0.717) is 12.1 Å².